The summed E-state index contributed by atoms with van der Waals surface area (Å²) in [5.41, 5.74) is 3.26. The van der Waals surface area contributed by atoms with E-state index in [1.54, 1.807) is 6.26 Å². The molecule has 0 bridgehead atoms. The summed E-state index contributed by atoms with van der Waals surface area (Å²) in [6.45, 7) is 12.1. The second-order valence-electron chi connectivity index (χ2n) is 9.02. The van der Waals surface area contributed by atoms with Crippen molar-refractivity contribution >= 4 is 5.82 Å². The fourth-order valence-corrected chi connectivity index (χ4v) is 4.47. The zero-order valence-electron chi connectivity index (χ0n) is 20.3. The zero-order chi connectivity index (χ0) is 23.4. The molecule has 1 aromatic carbocycles. The third-order valence-electron chi connectivity index (χ3n) is 6.76. The van der Waals surface area contributed by atoms with Crippen LogP contribution in [0.5, 0.6) is 0 Å². The SMILES string of the molecule is CCc1nn(-c2ccc(F)cc2)c(N2CCN(C)CC2)c1CN(Cc1ccco1)[C@@H](C)CC. The molecule has 33 heavy (non-hydrogen) atoms. The van der Waals surface area contributed by atoms with E-state index in [9.17, 15) is 4.39 Å². The standard InChI is InChI=1S/C26H36FN5O/c1-5-20(3)31(18-23-8-7-17-33-23)19-24-25(6-2)28-32(22-11-9-21(27)10-12-22)26(24)30-15-13-29(4)14-16-30/h7-12,17,20H,5-6,13-16,18-19H2,1-4H3/t20-/m0/s1. The average Bonchev–Trinajstić information content (AvgIpc) is 3.47. The number of furan rings is 1. The molecule has 3 aromatic rings. The van der Waals surface area contributed by atoms with Crippen LogP contribution in [0.1, 0.15) is 44.2 Å². The van der Waals surface area contributed by atoms with Crippen LogP contribution >= 0.6 is 0 Å². The molecule has 0 radical (unpaired) electrons. The number of aromatic nitrogens is 2. The van der Waals surface area contributed by atoms with Gasteiger partial charge in [-0.3, -0.25) is 4.90 Å². The Hall–Kier alpha value is -2.64. The Balaban J connectivity index is 1.76. The predicted octanol–water partition coefficient (Wildman–Crippen LogP) is 4.72. The van der Waals surface area contributed by atoms with Crippen LogP contribution in [0.2, 0.25) is 0 Å². The summed E-state index contributed by atoms with van der Waals surface area (Å²) in [4.78, 5) is 7.29. The Labute approximate surface area is 196 Å². The van der Waals surface area contributed by atoms with E-state index in [2.05, 4.69) is 42.5 Å². The summed E-state index contributed by atoms with van der Waals surface area (Å²) < 4.78 is 21.4. The van der Waals surface area contributed by atoms with Crippen molar-refractivity contribution in [3.8, 4) is 5.69 Å². The number of piperazine rings is 1. The smallest absolute Gasteiger partial charge is 0.137 e. The number of hydrogen-bond donors (Lipinski definition) is 0. The van der Waals surface area contributed by atoms with Gasteiger partial charge in [-0.15, -0.1) is 0 Å². The minimum atomic E-state index is -0.232. The van der Waals surface area contributed by atoms with E-state index >= 15 is 0 Å². The first-order valence-corrected chi connectivity index (χ1v) is 12.1. The Morgan fingerprint density at radius 3 is 2.39 bits per heavy atom. The molecule has 0 amide bonds. The summed E-state index contributed by atoms with van der Waals surface area (Å²) in [5.74, 6) is 1.88. The molecule has 1 aliphatic heterocycles. The zero-order valence-corrected chi connectivity index (χ0v) is 20.3. The van der Waals surface area contributed by atoms with Crippen molar-refractivity contribution in [1.82, 2.24) is 19.6 Å². The number of rotatable bonds is 9. The third kappa shape index (κ3) is 5.31. The molecule has 0 spiro atoms. The molecule has 1 atom stereocenters. The van der Waals surface area contributed by atoms with Crippen LogP contribution in [-0.4, -0.2) is 58.8 Å². The molecule has 6 nitrogen and oxygen atoms in total. The van der Waals surface area contributed by atoms with Gasteiger partial charge in [-0.2, -0.15) is 5.10 Å². The van der Waals surface area contributed by atoms with Crippen LogP contribution in [0.4, 0.5) is 10.2 Å². The van der Waals surface area contributed by atoms with Gasteiger partial charge in [0.1, 0.15) is 17.4 Å². The second kappa shape index (κ2) is 10.5. The maximum Gasteiger partial charge on any atom is 0.137 e. The molecule has 7 heteroatoms. The van der Waals surface area contributed by atoms with E-state index in [-0.39, 0.29) is 5.82 Å². The Bertz CT molecular complexity index is 1010. The first-order valence-electron chi connectivity index (χ1n) is 12.1. The molecule has 178 valence electrons. The van der Waals surface area contributed by atoms with E-state index < -0.39 is 0 Å². The van der Waals surface area contributed by atoms with E-state index in [4.69, 9.17) is 9.52 Å². The summed E-state index contributed by atoms with van der Waals surface area (Å²) in [6, 6.07) is 11.1. The van der Waals surface area contributed by atoms with E-state index in [0.29, 0.717) is 6.04 Å². The number of likely N-dealkylation sites (N-methyl/N-ethyl adjacent to an activating group) is 1. The van der Waals surface area contributed by atoms with E-state index in [1.807, 2.05) is 28.9 Å². The molecule has 1 saturated heterocycles. The molecule has 0 N–H and O–H groups in total. The quantitative estimate of drug-likeness (QED) is 0.469. The lowest BCUT2D eigenvalue weighted by Crippen LogP contribution is -2.45. The molecule has 3 heterocycles. The number of anilines is 1. The molecule has 1 aliphatic rings. The largest absolute Gasteiger partial charge is 0.468 e. The van der Waals surface area contributed by atoms with E-state index in [0.717, 1.165) is 75.1 Å². The van der Waals surface area contributed by atoms with Gasteiger partial charge in [-0.1, -0.05) is 13.8 Å². The maximum atomic E-state index is 13.7. The summed E-state index contributed by atoms with van der Waals surface area (Å²) in [5, 5.41) is 5.05. The number of hydrogen-bond acceptors (Lipinski definition) is 5. The van der Waals surface area contributed by atoms with Gasteiger partial charge in [-0.05, 0) is 63.2 Å². The van der Waals surface area contributed by atoms with Gasteiger partial charge in [0.25, 0.3) is 0 Å². The molecular weight excluding hydrogens is 417 g/mol. The van der Waals surface area contributed by atoms with Crippen LogP contribution < -0.4 is 4.90 Å². The van der Waals surface area contributed by atoms with Gasteiger partial charge in [0.15, 0.2) is 0 Å². The number of nitrogens with zero attached hydrogens (tertiary/aromatic N) is 5. The highest BCUT2D eigenvalue weighted by Gasteiger charge is 2.28. The highest BCUT2D eigenvalue weighted by atomic mass is 19.1. The molecule has 0 saturated carbocycles. The van der Waals surface area contributed by atoms with Crippen molar-refractivity contribution in [3.05, 3.63) is 65.5 Å². The Morgan fingerprint density at radius 1 is 1.06 bits per heavy atom. The highest BCUT2D eigenvalue weighted by Crippen LogP contribution is 2.31. The molecule has 0 unspecified atom stereocenters. The lowest BCUT2D eigenvalue weighted by Gasteiger charge is -2.35. The van der Waals surface area contributed by atoms with Gasteiger partial charge in [-0.25, -0.2) is 9.07 Å². The topological polar surface area (TPSA) is 40.7 Å². The normalized spacial score (nSPS) is 16.0. The molecule has 1 fully saturated rings. The summed E-state index contributed by atoms with van der Waals surface area (Å²) >= 11 is 0. The maximum absolute atomic E-state index is 13.7. The van der Waals surface area contributed by atoms with Gasteiger partial charge in [0, 0.05) is 44.3 Å². The average molecular weight is 454 g/mol. The van der Waals surface area contributed by atoms with Crippen LogP contribution in [0.25, 0.3) is 5.69 Å². The minimum Gasteiger partial charge on any atom is -0.468 e. The van der Waals surface area contributed by atoms with Crippen molar-refractivity contribution in [3.63, 3.8) is 0 Å². The Morgan fingerprint density at radius 2 is 1.79 bits per heavy atom. The van der Waals surface area contributed by atoms with Crippen molar-refractivity contribution < 1.29 is 8.81 Å². The summed E-state index contributed by atoms with van der Waals surface area (Å²) in [6.07, 6.45) is 3.64. The van der Waals surface area contributed by atoms with Crippen molar-refractivity contribution in [2.24, 2.45) is 0 Å². The first-order chi connectivity index (χ1) is 16.0. The van der Waals surface area contributed by atoms with Gasteiger partial charge < -0.3 is 14.2 Å². The highest BCUT2D eigenvalue weighted by molar-refractivity contribution is 5.56. The van der Waals surface area contributed by atoms with Crippen LogP contribution in [0, 0.1) is 5.82 Å². The number of benzene rings is 1. The van der Waals surface area contributed by atoms with Gasteiger partial charge >= 0.3 is 0 Å². The fraction of sp³-hybridized carbons (Fsp3) is 0.500. The fourth-order valence-electron chi connectivity index (χ4n) is 4.47. The molecular formula is C26H36FN5O. The first kappa shape index (κ1) is 23.5. The van der Waals surface area contributed by atoms with E-state index in [1.165, 1.54) is 17.7 Å². The minimum absolute atomic E-state index is 0.232. The Kier molecular flexibility index (Phi) is 7.50. The predicted molar refractivity (Wildman–Crippen MR) is 130 cm³/mol. The van der Waals surface area contributed by atoms with Gasteiger partial charge in [0.05, 0.1) is 24.2 Å². The number of aryl methyl sites for hydroxylation is 1. The third-order valence-corrected chi connectivity index (χ3v) is 6.76. The van der Waals surface area contributed by atoms with Crippen molar-refractivity contribution in [2.45, 2.75) is 52.7 Å². The van der Waals surface area contributed by atoms with Crippen molar-refractivity contribution in [2.75, 3.05) is 38.1 Å². The van der Waals surface area contributed by atoms with Crippen molar-refractivity contribution in [1.29, 1.82) is 0 Å². The summed E-state index contributed by atoms with van der Waals surface area (Å²) in [7, 11) is 2.17. The van der Waals surface area contributed by atoms with Gasteiger partial charge in [0.2, 0.25) is 0 Å². The lowest BCUT2D eigenvalue weighted by atomic mass is 10.1. The van der Waals surface area contributed by atoms with Crippen LogP contribution in [0.15, 0.2) is 47.1 Å². The lowest BCUT2D eigenvalue weighted by molar-refractivity contribution is 0.171. The second-order valence-corrected chi connectivity index (χ2v) is 9.02. The number of halogens is 1. The monoisotopic (exact) mass is 453 g/mol. The molecule has 0 aliphatic carbocycles. The molecule has 4 rings (SSSR count). The van der Waals surface area contributed by atoms with Crippen LogP contribution in [0.3, 0.4) is 0 Å². The molecule has 2 aromatic heterocycles. The van der Waals surface area contributed by atoms with Crippen LogP contribution in [-0.2, 0) is 19.5 Å².